The van der Waals surface area contributed by atoms with Gasteiger partial charge in [-0.1, -0.05) is 35.3 Å². The van der Waals surface area contributed by atoms with Crippen molar-refractivity contribution in [2.24, 2.45) is 0 Å². The summed E-state index contributed by atoms with van der Waals surface area (Å²) in [6.45, 7) is 2.34. The maximum atomic E-state index is 13.8. The number of benzene rings is 2. The van der Waals surface area contributed by atoms with Crippen molar-refractivity contribution in [3.63, 3.8) is 0 Å². The molecule has 0 saturated carbocycles. The molecule has 0 aliphatic carbocycles. The molecule has 196 valence electrons. The van der Waals surface area contributed by atoms with Crippen LogP contribution in [0, 0.1) is 11.6 Å². The third-order valence-electron chi connectivity index (χ3n) is 6.89. The molecule has 7 nitrogen and oxygen atoms in total. The number of likely N-dealkylation sites (tertiary alicyclic amines) is 1. The van der Waals surface area contributed by atoms with Crippen molar-refractivity contribution < 1.29 is 22.0 Å². The topological polar surface area (TPSA) is 64.2 Å². The van der Waals surface area contributed by atoms with Crippen LogP contribution in [-0.2, 0) is 16.6 Å². The van der Waals surface area contributed by atoms with Gasteiger partial charge in [0.15, 0.2) is 11.6 Å². The molecule has 0 aromatic heterocycles. The van der Waals surface area contributed by atoms with Crippen molar-refractivity contribution in [1.29, 1.82) is 0 Å². The number of likely N-dealkylation sites (N-methyl/N-ethyl adjacent to an activating group) is 1. The van der Waals surface area contributed by atoms with Gasteiger partial charge >= 0.3 is 6.03 Å². The quantitative estimate of drug-likeness (QED) is 0.557. The van der Waals surface area contributed by atoms with Crippen LogP contribution < -0.4 is 0 Å². The number of sulfonamides is 1. The first kappa shape index (κ1) is 27.1. The van der Waals surface area contributed by atoms with E-state index in [9.17, 15) is 22.0 Å². The molecular weight excluding hydrogens is 533 g/mol. The highest BCUT2D eigenvalue weighted by Crippen LogP contribution is 2.35. The number of hydrogen-bond donors (Lipinski definition) is 0. The van der Waals surface area contributed by atoms with Crippen LogP contribution in [0.1, 0.15) is 17.0 Å². The van der Waals surface area contributed by atoms with E-state index < -0.39 is 21.7 Å². The Balaban J connectivity index is 1.53. The summed E-state index contributed by atoms with van der Waals surface area (Å²) in [7, 11) is -1.42. The fourth-order valence-corrected chi connectivity index (χ4v) is 6.05. The Morgan fingerprint density at radius 1 is 0.972 bits per heavy atom. The molecule has 0 unspecified atom stereocenters. The van der Waals surface area contributed by atoms with E-state index in [2.05, 4.69) is 0 Å². The monoisotopic (exact) mass is 560 g/mol. The van der Waals surface area contributed by atoms with Crippen molar-refractivity contribution in [3.8, 4) is 0 Å². The lowest BCUT2D eigenvalue weighted by atomic mass is 9.93. The summed E-state index contributed by atoms with van der Waals surface area (Å²) in [5, 5.41) is 0.847. The Hall–Kier alpha value is -1.98. The number of nitrogens with zero attached hydrogens (tertiary/aromatic N) is 4. The van der Waals surface area contributed by atoms with Gasteiger partial charge in [0, 0.05) is 57.8 Å². The average Bonchev–Trinajstić information content (AvgIpc) is 3.28. The van der Waals surface area contributed by atoms with Gasteiger partial charge in [0.1, 0.15) is 0 Å². The van der Waals surface area contributed by atoms with E-state index in [1.54, 1.807) is 28.0 Å². The molecule has 4 rings (SSSR count). The zero-order chi connectivity index (χ0) is 26.2. The molecule has 2 aromatic rings. The van der Waals surface area contributed by atoms with Crippen molar-refractivity contribution >= 4 is 39.3 Å². The molecule has 2 aromatic carbocycles. The number of halogens is 4. The summed E-state index contributed by atoms with van der Waals surface area (Å²) in [6, 6.07) is 8.95. The fraction of sp³-hybridized carbons (Fsp3) is 0.458. The van der Waals surface area contributed by atoms with E-state index in [-0.39, 0.29) is 31.1 Å². The normalized spacial score (nSPS) is 21.4. The van der Waals surface area contributed by atoms with Crippen LogP contribution in [0.2, 0.25) is 10.0 Å². The molecule has 2 aliphatic heterocycles. The molecule has 2 atom stereocenters. The van der Waals surface area contributed by atoms with E-state index in [0.29, 0.717) is 48.3 Å². The van der Waals surface area contributed by atoms with Crippen molar-refractivity contribution in [1.82, 2.24) is 19.0 Å². The lowest BCUT2D eigenvalue weighted by Gasteiger charge is -2.35. The number of rotatable bonds is 5. The SMILES string of the molecule is CN(Cc1ccc(F)c(F)c1)[C@@H]1CN(C(=O)N2CCN(S(C)(=O)=O)CC2)C[C@@H]1c1ccc(Cl)c(Cl)c1. The van der Waals surface area contributed by atoms with E-state index in [1.807, 2.05) is 18.0 Å². The minimum atomic E-state index is -3.30. The first-order valence-corrected chi connectivity index (χ1v) is 14.1. The minimum absolute atomic E-state index is 0.101. The van der Waals surface area contributed by atoms with Gasteiger partial charge in [-0.25, -0.2) is 22.0 Å². The molecule has 0 bridgehead atoms. The second-order valence-electron chi connectivity index (χ2n) is 9.35. The minimum Gasteiger partial charge on any atom is -0.322 e. The van der Waals surface area contributed by atoms with Gasteiger partial charge < -0.3 is 9.80 Å². The first-order valence-electron chi connectivity index (χ1n) is 11.5. The molecular formula is C24H28Cl2F2N4O3S. The third-order valence-corrected chi connectivity index (χ3v) is 8.93. The highest BCUT2D eigenvalue weighted by molar-refractivity contribution is 7.88. The van der Waals surface area contributed by atoms with Gasteiger partial charge in [0.2, 0.25) is 10.0 Å². The Labute approximate surface area is 220 Å². The number of hydrogen-bond acceptors (Lipinski definition) is 4. The van der Waals surface area contributed by atoms with Gasteiger partial charge in [-0.05, 0) is 42.4 Å². The van der Waals surface area contributed by atoms with Crippen LogP contribution in [0.4, 0.5) is 13.6 Å². The van der Waals surface area contributed by atoms with Gasteiger partial charge in [0.05, 0.1) is 16.3 Å². The summed E-state index contributed by atoms with van der Waals surface area (Å²) in [4.78, 5) is 18.8. The van der Waals surface area contributed by atoms with Gasteiger partial charge in [-0.3, -0.25) is 4.90 Å². The summed E-state index contributed by atoms with van der Waals surface area (Å²) in [5.41, 5.74) is 1.54. The van der Waals surface area contributed by atoms with E-state index in [4.69, 9.17) is 23.2 Å². The maximum Gasteiger partial charge on any atom is 0.320 e. The number of carbonyl (C=O) groups excluding carboxylic acids is 1. The molecule has 36 heavy (non-hydrogen) atoms. The molecule has 0 radical (unpaired) electrons. The Morgan fingerprint density at radius 3 is 2.28 bits per heavy atom. The second-order valence-corrected chi connectivity index (χ2v) is 12.1. The highest BCUT2D eigenvalue weighted by atomic mass is 35.5. The third kappa shape index (κ3) is 5.94. The van der Waals surface area contributed by atoms with Gasteiger partial charge in [0.25, 0.3) is 0 Å². The fourth-order valence-electron chi connectivity index (χ4n) is 4.91. The van der Waals surface area contributed by atoms with E-state index in [0.717, 1.165) is 11.6 Å². The first-order chi connectivity index (χ1) is 16.9. The van der Waals surface area contributed by atoms with E-state index in [1.165, 1.54) is 16.6 Å². The molecule has 0 N–H and O–H groups in total. The molecule has 12 heteroatoms. The standard InChI is InChI=1S/C24H28Cl2F2N4O3S/c1-29(13-16-3-6-21(27)22(28)11-16)23-15-31(14-18(23)17-4-5-19(25)20(26)12-17)24(33)30-7-9-32(10-8-30)36(2,34)35/h3-6,11-12,18,23H,7-10,13-15H2,1-2H3/t18-,23-/m1/s1. The van der Waals surface area contributed by atoms with Crippen molar-refractivity contribution in [2.75, 3.05) is 52.6 Å². The largest absolute Gasteiger partial charge is 0.322 e. The van der Waals surface area contributed by atoms with Crippen LogP contribution in [0.3, 0.4) is 0 Å². The molecule has 2 fully saturated rings. The predicted molar refractivity (Wildman–Crippen MR) is 136 cm³/mol. The van der Waals surface area contributed by atoms with Crippen LogP contribution in [0.5, 0.6) is 0 Å². The van der Waals surface area contributed by atoms with Crippen LogP contribution in [0.15, 0.2) is 36.4 Å². The number of carbonyl (C=O) groups is 1. The van der Waals surface area contributed by atoms with Crippen LogP contribution >= 0.6 is 23.2 Å². The zero-order valence-electron chi connectivity index (χ0n) is 20.0. The van der Waals surface area contributed by atoms with Crippen LogP contribution in [-0.4, -0.2) is 92.1 Å². The number of urea groups is 1. The van der Waals surface area contributed by atoms with E-state index >= 15 is 0 Å². The summed E-state index contributed by atoms with van der Waals surface area (Å²) >= 11 is 12.4. The molecule has 2 heterocycles. The smallest absolute Gasteiger partial charge is 0.320 e. The molecule has 2 aliphatic rings. The number of piperazine rings is 1. The van der Waals surface area contributed by atoms with Gasteiger partial charge in [-0.15, -0.1) is 0 Å². The Kier molecular flexibility index (Phi) is 8.11. The molecule has 2 saturated heterocycles. The lowest BCUT2D eigenvalue weighted by molar-refractivity contribution is 0.138. The predicted octanol–water partition coefficient (Wildman–Crippen LogP) is 3.87. The summed E-state index contributed by atoms with van der Waals surface area (Å²) in [6.07, 6.45) is 1.17. The maximum absolute atomic E-state index is 13.8. The van der Waals surface area contributed by atoms with Crippen molar-refractivity contribution in [3.05, 3.63) is 69.2 Å². The highest BCUT2D eigenvalue weighted by Gasteiger charge is 2.40. The van der Waals surface area contributed by atoms with Crippen LogP contribution in [0.25, 0.3) is 0 Å². The average molecular weight is 561 g/mol. The summed E-state index contributed by atoms with van der Waals surface area (Å²) in [5.74, 6) is -1.90. The molecule has 0 spiro atoms. The van der Waals surface area contributed by atoms with Crippen molar-refractivity contribution in [2.45, 2.75) is 18.5 Å². The lowest BCUT2D eigenvalue weighted by Crippen LogP contribution is -2.53. The Morgan fingerprint density at radius 2 is 1.67 bits per heavy atom. The second kappa shape index (κ2) is 10.8. The van der Waals surface area contributed by atoms with Gasteiger partial charge in [-0.2, -0.15) is 4.31 Å². The Bertz CT molecular complexity index is 1240. The summed E-state index contributed by atoms with van der Waals surface area (Å²) < 4.78 is 52.2. The zero-order valence-corrected chi connectivity index (χ0v) is 22.3. The molecule has 2 amide bonds. The number of amides is 2.